The van der Waals surface area contributed by atoms with Gasteiger partial charge < -0.3 is 9.64 Å². The van der Waals surface area contributed by atoms with E-state index in [1.807, 2.05) is 30.3 Å². The van der Waals surface area contributed by atoms with E-state index in [4.69, 9.17) is 4.74 Å². The number of carbonyl (C=O) groups excluding carboxylic acids is 1. The van der Waals surface area contributed by atoms with E-state index in [9.17, 15) is 4.79 Å². The van der Waals surface area contributed by atoms with E-state index in [1.165, 1.54) is 23.7 Å². The number of thioether (sulfide) groups is 1. The zero-order valence-corrected chi connectivity index (χ0v) is 17.7. The van der Waals surface area contributed by atoms with Gasteiger partial charge in [-0.05, 0) is 55.2 Å². The van der Waals surface area contributed by atoms with Crippen molar-refractivity contribution in [1.82, 2.24) is 4.90 Å². The minimum Gasteiger partial charge on any atom is -0.488 e. The zero-order chi connectivity index (χ0) is 20.2. The molecule has 1 atom stereocenters. The zero-order valence-electron chi connectivity index (χ0n) is 16.9. The van der Waals surface area contributed by atoms with E-state index in [-0.39, 0.29) is 5.91 Å². The Balaban J connectivity index is 1.47. The predicted molar refractivity (Wildman–Crippen MR) is 120 cm³/mol. The van der Waals surface area contributed by atoms with Crippen LogP contribution >= 0.6 is 11.8 Å². The number of carbonyl (C=O) groups is 1. The molecule has 0 unspecified atom stereocenters. The van der Waals surface area contributed by atoms with Crippen molar-refractivity contribution < 1.29 is 9.53 Å². The number of nitrogens with zero attached hydrogens (tertiary/aromatic N) is 2. The van der Waals surface area contributed by atoms with Gasteiger partial charge in [0.25, 0.3) is 5.91 Å². The quantitative estimate of drug-likeness (QED) is 0.648. The van der Waals surface area contributed by atoms with Crippen LogP contribution in [0.1, 0.15) is 36.5 Å². The summed E-state index contributed by atoms with van der Waals surface area (Å²) in [4.78, 5) is 19.7. The van der Waals surface area contributed by atoms with Crippen molar-refractivity contribution >= 4 is 28.9 Å². The van der Waals surface area contributed by atoms with Crippen molar-refractivity contribution in [3.8, 4) is 5.75 Å². The topological polar surface area (TPSA) is 41.9 Å². The summed E-state index contributed by atoms with van der Waals surface area (Å²) >= 11 is 1.48. The maximum absolute atomic E-state index is 12.5. The van der Waals surface area contributed by atoms with Crippen LogP contribution in [0.25, 0.3) is 6.08 Å². The Kier molecular flexibility index (Phi) is 6.05. The van der Waals surface area contributed by atoms with Crippen LogP contribution in [-0.2, 0) is 11.4 Å². The molecule has 2 aliphatic rings. The highest BCUT2D eigenvalue weighted by atomic mass is 32.2. The lowest BCUT2D eigenvalue weighted by atomic mass is 10.0. The minimum absolute atomic E-state index is 0.156. The molecule has 29 heavy (non-hydrogen) atoms. The first-order valence-corrected chi connectivity index (χ1v) is 10.9. The number of benzene rings is 2. The van der Waals surface area contributed by atoms with Gasteiger partial charge in [-0.15, -0.1) is 0 Å². The van der Waals surface area contributed by atoms with Crippen molar-refractivity contribution in [2.75, 3.05) is 13.1 Å². The Bertz CT molecular complexity index is 950. The molecule has 5 heteroatoms. The third kappa shape index (κ3) is 4.91. The second kappa shape index (κ2) is 8.87. The van der Waals surface area contributed by atoms with E-state index >= 15 is 0 Å². The summed E-state index contributed by atoms with van der Waals surface area (Å²) in [6.07, 6.45) is 4.31. The third-order valence-electron chi connectivity index (χ3n) is 5.26. The number of aryl methyl sites for hydroxylation is 1. The van der Waals surface area contributed by atoms with Crippen LogP contribution in [0.15, 0.2) is 58.4 Å². The molecule has 2 aromatic rings. The average Bonchev–Trinajstić information content (AvgIpc) is 3.09. The Morgan fingerprint density at radius 1 is 1.21 bits per heavy atom. The number of amides is 1. The second-order valence-electron chi connectivity index (χ2n) is 7.82. The SMILES string of the molecule is Cc1ccc(COc2ccccc2/C=C2\SC(N3CCC[C@H](C)C3)=NC2=O)cc1. The number of piperidine rings is 1. The molecule has 0 radical (unpaired) electrons. The number of para-hydroxylation sites is 1. The highest BCUT2D eigenvalue weighted by molar-refractivity contribution is 8.18. The first-order valence-electron chi connectivity index (χ1n) is 10.1. The molecule has 1 saturated heterocycles. The summed E-state index contributed by atoms with van der Waals surface area (Å²) in [5, 5.41) is 0.839. The van der Waals surface area contributed by atoms with E-state index in [0.29, 0.717) is 17.4 Å². The Morgan fingerprint density at radius 2 is 2.00 bits per heavy atom. The van der Waals surface area contributed by atoms with Gasteiger partial charge in [-0.1, -0.05) is 55.0 Å². The van der Waals surface area contributed by atoms with Crippen molar-refractivity contribution in [3.05, 3.63) is 70.1 Å². The Labute approximate surface area is 176 Å². The number of ether oxygens (including phenoxy) is 1. The summed E-state index contributed by atoms with van der Waals surface area (Å²) in [6.45, 7) is 6.78. The first-order chi connectivity index (χ1) is 14.1. The van der Waals surface area contributed by atoms with Gasteiger partial charge in [0.05, 0.1) is 4.91 Å². The van der Waals surface area contributed by atoms with Crippen LogP contribution < -0.4 is 4.74 Å². The lowest BCUT2D eigenvalue weighted by Gasteiger charge is -2.31. The van der Waals surface area contributed by atoms with Crippen LogP contribution in [0.3, 0.4) is 0 Å². The molecule has 1 fully saturated rings. The molecule has 4 rings (SSSR count). The molecule has 0 bridgehead atoms. The van der Waals surface area contributed by atoms with Crippen LogP contribution in [0.4, 0.5) is 0 Å². The summed E-state index contributed by atoms with van der Waals surface area (Å²) in [6, 6.07) is 16.2. The molecule has 0 aliphatic carbocycles. The first kappa shape index (κ1) is 19.8. The number of hydrogen-bond donors (Lipinski definition) is 0. The second-order valence-corrected chi connectivity index (χ2v) is 8.82. The van der Waals surface area contributed by atoms with Gasteiger partial charge in [0.2, 0.25) is 0 Å². The molecule has 4 nitrogen and oxygen atoms in total. The molecule has 0 saturated carbocycles. The van der Waals surface area contributed by atoms with E-state index in [1.54, 1.807) is 0 Å². The summed E-state index contributed by atoms with van der Waals surface area (Å²) < 4.78 is 6.05. The standard InChI is InChI=1S/C24H26N2O2S/c1-17-9-11-19(12-10-17)16-28-21-8-4-3-7-20(21)14-22-23(27)25-24(29-22)26-13-5-6-18(2)15-26/h3-4,7-12,14,18H,5-6,13,15-16H2,1-2H3/b22-14-/t18-/m0/s1. The fourth-order valence-electron chi connectivity index (χ4n) is 3.61. The third-order valence-corrected chi connectivity index (χ3v) is 6.30. The fraction of sp³-hybridized carbons (Fsp3) is 0.333. The van der Waals surface area contributed by atoms with Gasteiger partial charge in [0, 0.05) is 18.7 Å². The lowest BCUT2D eigenvalue weighted by Crippen LogP contribution is -2.37. The van der Waals surface area contributed by atoms with Crippen molar-refractivity contribution in [1.29, 1.82) is 0 Å². The van der Waals surface area contributed by atoms with Crippen LogP contribution in [0.5, 0.6) is 5.75 Å². The Morgan fingerprint density at radius 3 is 2.79 bits per heavy atom. The number of rotatable bonds is 4. The molecule has 2 heterocycles. The summed E-state index contributed by atoms with van der Waals surface area (Å²) in [5.41, 5.74) is 3.25. The number of aliphatic imine (C=N–C) groups is 1. The van der Waals surface area contributed by atoms with Crippen molar-refractivity contribution in [2.45, 2.75) is 33.3 Å². The largest absolute Gasteiger partial charge is 0.488 e. The number of hydrogen-bond acceptors (Lipinski definition) is 4. The van der Waals surface area contributed by atoms with Gasteiger partial charge in [0.15, 0.2) is 5.17 Å². The summed E-state index contributed by atoms with van der Waals surface area (Å²) in [7, 11) is 0. The molecule has 150 valence electrons. The normalized spacial score (nSPS) is 20.8. The van der Waals surface area contributed by atoms with Crippen LogP contribution in [0.2, 0.25) is 0 Å². The molecule has 0 spiro atoms. The molecule has 1 amide bonds. The van der Waals surface area contributed by atoms with E-state index in [2.05, 4.69) is 48.0 Å². The molecule has 0 aromatic heterocycles. The Hall–Kier alpha value is -2.53. The van der Waals surface area contributed by atoms with Crippen LogP contribution in [-0.4, -0.2) is 29.1 Å². The van der Waals surface area contributed by atoms with E-state index in [0.717, 1.165) is 41.6 Å². The molecule has 2 aliphatic heterocycles. The molecular weight excluding hydrogens is 380 g/mol. The van der Waals surface area contributed by atoms with Crippen molar-refractivity contribution in [3.63, 3.8) is 0 Å². The van der Waals surface area contributed by atoms with Gasteiger partial charge in [-0.25, -0.2) is 0 Å². The molecule has 0 N–H and O–H groups in total. The summed E-state index contributed by atoms with van der Waals surface area (Å²) in [5.74, 6) is 1.26. The minimum atomic E-state index is -0.156. The van der Waals surface area contributed by atoms with Gasteiger partial charge in [-0.3, -0.25) is 4.79 Å². The molecular formula is C24H26N2O2S. The van der Waals surface area contributed by atoms with Crippen LogP contribution in [0, 0.1) is 12.8 Å². The van der Waals surface area contributed by atoms with Gasteiger partial charge >= 0.3 is 0 Å². The highest BCUT2D eigenvalue weighted by Gasteiger charge is 2.28. The average molecular weight is 407 g/mol. The van der Waals surface area contributed by atoms with Gasteiger partial charge in [0.1, 0.15) is 12.4 Å². The predicted octanol–water partition coefficient (Wildman–Crippen LogP) is 5.28. The maximum atomic E-state index is 12.5. The highest BCUT2D eigenvalue weighted by Crippen LogP contribution is 2.34. The fourth-order valence-corrected chi connectivity index (χ4v) is 4.55. The number of likely N-dealkylation sites (tertiary alicyclic amines) is 1. The van der Waals surface area contributed by atoms with E-state index < -0.39 is 0 Å². The smallest absolute Gasteiger partial charge is 0.286 e. The number of amidine groups is 1. The van der Waals surface area contributed by atoms with Crippen molar-refractivity contribution in [2.24, 2.45) is 10.9 Å². The maximum Gasteiger partial charge on any atom is 0.286 e. The monoisotopic (exact) mass is 406 g/mol. The van der Waals surface area contributed by atoms with Gasteiger partial charge in [-0.2, -0.15) is 4.99 Å². The molecule has 2 aromatic carbocycles. The lowest BCUT2D eigenvalue weighted by molar-refractivity contribution is -0.113.